The Labute approximate surface area is 133 Å². The van der Waals surface area contributed by atoms with Crippen molar-refractivity contribution in [3.63, 3.8) is 0 Å². The molecule has 4 nitrogen and oxygen atoms in total. The molecule has 3 unspecified atom stereocenters. The maximum absolute atomic E-state index is 7.32. The Kier molecular flexibility index (Phi) is 6.54. The van der Waals surface area contributed by atoms with E-state index in [0.29, 0.717) is 12.8 Å². The minimum absolute atomic E-state index is 0.387. The lowest BCUT2D eigenvalue weighted by atomic mass is 9.87. The molecule has 2 aliphatic rings. The molecule has 0 aliphatic heterocycles. The topological polar surface area (TPSA) is 54.3 Å². The molecule has 3 atom stereocenters. The van der Waals surface area contributed by atoms with Crippen molar-refractivity contribution in [2.24, 2.45) is 11.8 Å². The summed E-state index contributed by atoms with van der Waals surface area (Å²) in [5, 5.41) is 10.3. The molecule has 0 heterocycles. The fourth-order valence-electron chi connectivity index (χ4n) is 3.48. The Balaban J connectivity index is 0.000000545. The molecule has 120 valence electrons. The zero-order valence-electron chi connectivity index (χ0n) is 13.5. The van der Waals surface area contributed by atoms with Crippen LogP contribution in [0.25, 0.3) is 0 Å². The van der Waals surface area contributed by atoms with Crippen LogP contribution in [-0.4, -0.2) is 19.9 Å². The van der Waals surface area contributed by atoms with Crippen LogP contribution >= 0.6 is 0 Å². The molecule has 1 aromatic carbocycles. The van der Waals surface area contributed by atoms with Crippen LogP contribution in [0.2, 0.25) is 0 Å². The van der Waals surface area contributed by atoms with E-state index in [-0.39, 0.29) is 0 Å². The van der Waals surface area contributed by atoms with Gasteiger partial charge in [-0.25, -0.2) is 0 Å². The summed E-state index contributed by atoms with van der Waals surface area (Å²) in [4.78, 5) is 0. The molecule has 4 heteroatoms. The van der Waals surface area contributed by atoms with Crippen molar-refractivity contribution in [2.45, 2.75) is 45.1 Å². The van der Waals surface area contributed by atoms with Gasteiger partial charge in [-0.1, -0.05) is 18.6 Å². The van der Waals surface area contributed by atoms with Gasteiger partial charge in [-0.2, -0.15) is 5.26 Å². The van der Waals surface area contributed by atoms with Gasteiger partial charge >= 0.3 is 0 Å². The monoisotopic (exact) mass is 302 g/mol. The van der Waals surface area contributed by atoms with Gasteiger partial charge in [-0.15, -0.1) is 0 Å². The van der Waals surface area contributed by atoms with Crippen LogP contribution in [0, 0.1) is 23.2 Å². The van der Waals surface area contributed by atoms with Crippen molar-refractivity contribution in [1.29, 1.82) is 5.26 Å². The third-order valence-corrected chi connectivity index (χ3v) is 4.47. The van der Waals surface area contributed by atoms with Crippen LogP contribution in [0.5, 0.6) is 11.5 Å². The van der Waals surface area contributed by atoms with E-state index in [1.54, 1.807) is 6.07 Å². The van der Waals surface area contributed by atoms with Crippen molar-refractivity contribution in [3.8, 4) is 17.6 Å². The van der Waals surface area contributed by atoms with Crippen molar-refractivity contribution in [2.75, 3.05) is 13.8 Å². The van der Waals surface area contributed by atoms with Crippen molar-refractivity contribution < 1.29 is 9.47 Å². The predicted molar refractivity (Wildman–Crippen MR) is 86.8 cm³/mol. The highest BCUT2D eigenvalue weighted by molar-refractivity contribution is 5.39. The highest BCUT2D eigenvalue weighted by atomic mass is 16.5. The number of fused-ring (bicyclic) bond motifs is 2. The van der Waals surface area contributed by atoms with Crippen LogP contribution in [-0.2, 0) is 0 Å². The molecule has 0 amide bonds. The smallest absolute Gasteiger partial charge is 0.163 e. The van der Waals surface area contributed by atoms with Crippen LogP contribution in [0.15, 0.2) is 24.3 Å². The molecule has 0 saturated heterocycles. The maximum Gasteiger partial charge on any atom is 0.163 e. The average Bonchev–Trinajstić information content (AvgIpc) is 2.92. The number of nitrogens with one attached hydrogen (secondary N) is 1. The van der Waals surface area contributed by atoms with Gasteiger partial charge in [0.15, 0.2) is 11.5 Å². The molecule has 1 N–H and O–H groups in total. The molecule has 1 aromatic rings. The van der Waals surface area contributed by atoms with E-state index in [9.17, 15) is 0 Å². The standard InChI is InChI=1S/C16H23NO2.C2H3N/c1-17-11-18-15-4-2-3-5-16(15)19-14-9-7-12-6-8-13(14)10-12;1-2-3/h2-5,12-14,17H,6-11H2,1H3;1H3. The van der Waals surface area contributed by atoms with Gasteiger partial charge in [0.25, 0.3) is 0 Å². The van der Waals surface area contributed by atoms with Gasteiger partial charge in [-0.3, -0.25) is 5.32 Å². The third-order valence-electron chi connectivity index (χ3n) is 4.47. The molecule has 0 spiro atoms. The van der Waals surface area contributed by atoms with Gasteiger partial charge in [0.2, 0.25) is 0 Å². The number of nitriles is 1. The van der Waals surface area contributed by atoms with Gasteiger partial charge < -0.3 is 9.47 Å². The molecule has 3 rings (SSSR count). The Morgan fingerprint density at radius 1 is 1.18 bits per heavy atom. The molecule has 2 bridgehead atoms. The number of rotatable bonds is 5. The van der Waals surface area contributed by atoms with Crippen LogP contribution < -0.4 is 14.8 Å². The van der Waals surface area contributed by atoms with Crippen molar-refractivity contribution in [3.05, 3.63) is 24.3 Å². The highest BCUT2D eigenvalue weighted by Crippen LogP contribution is 2.44. The SMILES string of the molecule is CC#N.CNCOc1ccccc1OC1CCC2CCC1C2. The van der Waals surface area contributed by atoms with E-state index in [2.05, 4.69) is 5.32 Å². The first-order valence-electron chi connectivity index (χ1n) is 8.12. The fourth-order valence-corrected chi connectivity index (χ4v) is 3.48. The summed E-state index contributed by atoms with van der Waals surface area (Å²) in [6, 6.07) is 9.76. The van der Waals surface area contributed by atoms with Gasteiger partial charge in [0.05, 0.1) is 6.07 Å². The van der Waals surface area contributed by atoms with E-state index in [0.717, 1.165) is 23.3 Å². The number of para-hydroxylation sites is 2. The maximum atomic E-state index is 7.32. The molecular formula is C18H26N2O2. The zero-order valence-corrected chi connectivity index (χ0v) is 13.5. The molecular weight excluding hydrogens is 276 g/mol. The summed E-state index contributed by atoms with van der Waals surface area (Å²) < 4.78 is 11.9. The Bertz CT molecular complexity index is 498. The minimum atomic E-state index is 0.387. The lowest BCUT2D eigenvalue weighted by Crippen LogP contribution is -2.29. The molecule has 2 aliphatic carbocycles. The Morgan fingerprint density at radius 2 is 1.86 bits per heavy atom. The normalized spacial score (nSPS) is 25.6. The number of benzene rings is 1. The first-order chi connectivity index (χ1) is 10.8. The number of nitrogens with zero attached hydrogens (tertiary/aromatic N) is 1. The van der Waals surface area contributed by atoms with Gasteiger partial charge in [0, 0.05) is 6.92 Å². The van der Waals surface area contributed by atoms with Gasteiger partial charge in [0.1, 0.15) is 12.8 Å². The number of hydrogen-bond donors (Lipinski definition) is 1. The van der Waals surface area contributed by atoms with Crippen LogP contribution in [0.3, 0.4) is 0 Å². The average molecular weight is 302 g/mol. The number of ether oxygens (including phenoxy) is 2. The van der Waals surface area contributed by atoms with E-state index in [1.165, 1.54) is 39.0 Å². The lowest BCUT2D eigenvalue weighted by molar-refractivity contribution is 0.0950. The second-order valence-electron chi connectivity index (χ2n) is 5.99. The van der Waals surface area contributed by atoms with Gasteiger partial charge in [-0.05, 0) is 56.7 Å². The summed E-state index contributed by atoms with van der Waals surface area (Å²) in [5.41, 5.74) is 0. The Morgan fingerprint density at radius 3 is 2.59 bits per heavy atom. The van der Waals surface area contributed by atoms with E-state index < -0.39 is 0 Å². The minimum Gasteiger partial charge on any atom is -0.486 e. The van der Waals surface area contributed by atoms with Crippen LogP contribution in [0.1, 0.15) is 39.0 Å². The summed E-state index contributed by atoms with van der Waals surface area (Å²) in [6.07, 6.45) is 7.04. The first-order valence-corrected chi connectivity index (χ1v) is 8.12. The fraction of sp³-hybridized carbons (Fsp3) is 0.611. The molecule has 2 fully saturated rings. The third kappa shape index (κ3) is 4.38. The van der Waals surface area contributed by atoms with E-state index >= 15 is 0 Å². The predicted octanol–water partition coefficient (Wildman–Crippen LogP) is 3.73. The second kappa shape index (κ2) is 8.65. The Hall–Kier alpha value is -1.73. The molecule has 22 heavy (non-hydrogen) atoms. The summed E-state index contributed by atoms with van der Waals surface area (Å²) in [6.45, 7) is 1.94. The molecule has 2 saturated carbocycles. The van der Waals surface area contributed by atoms with E-state index in [1.807, 2.05) is 31.3 Å². The van der Waals surface area contributed by atoms with Crippen molar-refractivity contribution in [1.82, 2.24) is 5.32 Å². The van der Waals surface area contributed by atoms with Crippen LogP contribution in [0.4, 0.5) is 0 Å². The molecule has 0 aromatic heterocycles. The highest BCUT2D eigenvalue weighted by Gasteiger charge is 2.37. The number of hydrogen-bond acceptors (Lipinski definition) is 4. The molecule has 0 radical (unpaired) electrons. The second-order valence-corrected chi connectivity index (χ2v) is 5.99. The van der Waals surface area contributed by atoms with Crippen molar-refractivity contribution >= 4 is 0 Å². The summed E-state index contributed by atoms with van der Waals surface area (Å²) >= 11 is 0. The quantitative estimate of drug-likeness (QED) is 0.842. The largest absolute Gasteiger partial charge is 0.486 e. The zero-order chi connectivity index (χ0) is 15.8. The summed E-state index contributed by atoms with van der Waals surface area (Å²) in [5.74, 6) is 3.47. The first kappa shape index (κ1) is 16.6. The van der Waals surface area contributed by atoms with E-state index in [4.69, 9.17) is 14.7 Å². The lowest BCUT2D eigenvalue weighted by Gasteiger charge is -2.29. The summed E-state index contributed by atoms with van der Waals surface area (Å²) in [7, 11) is 1.88.